The molecule has 0 aromatic heterocycles. The molecule has 1 aromatic rings. The average Bonchev–Trinajstić information content (AvgIpc) is 2.59. The summed E-state index contributed by atoms with van der Waals surface area (Å²) >= 11 is 0. The predicted octanol–water partition coefficient (Wildman–Crippen LogP) is 1.23. The number of carbonyl (C=O) groups is 2. The van der Waals surface area contributed by atoms with Gasteiger partial charge in [-0.3, -0.25) is 0 Å². The number of halogens is 1. The summed E-state index contributed by atoms with van der Waals surface area (Å²) in [5, 5.41) is 0. The molecule has 0 bridgehead atoms. The van der Waals surface area contributed by atoms with Crippen molar-refractivity contribution in [3.63, 3.8) is 0 Å². The lowest BCUT2D eigenvalue weighted by Gasteiger charge is -2.32. The first-order valence-corrected chi connectivity index (χ1v) is 6.62. The third-order valence-electron chi connectivity index (χ3n) is 3.26. The van der Waals surface area contributed by atoms with Crippen LogP contribution in [-0.2, 0) is 23.8 Å². The average molecular weight is 325 g/mol. The topological polar surface area (TPSA) is 74.3 Å². The molecular weight excluding hydrogens is 309 g/mol. The van der Waals surface area contributed by atoms with Crippen LogP contribution in [0.5, 0.6) is 5.75 Å². The van der Waals surface area contributed by atoms with Gasteiger partial charge in [-0.05, 0) is 12.1 Å². The van der Waals surface area contributed by atoms with E-state index in [1.54, 1.807) is 0 Å². The second kappa shape index (κ2) is 7.10. The van der Waals surface area contributed by atoms with Gasteiger partial charge >= 0.3 is 11.9 Å². The molecular formula is C15H16FNO6. The number of carbonyl (C=O) groups excluding carboxylic acids is 2. The highest BCUT2D eigenvalue weighted by Gasteiger charge is 2.33. The fraction of sp³-hybridized carbons (Fsp3) is 0.333. The molecule has 0 amide bonds. The Morgan fingerprint density at radius 1 is 1.17 bits per heavy atom. The molecule has 8 heteroatoms. The van der Waals surface area contributed by atoms with E-state index < -0.39 is 17.8 Å². The molecule has 2 rings (SSSR count). The molecule has 0 spiro atoms. The maximum absolute atomic E-state index is 13.6. The van der Waals surface area contributed by atoms with Gasteiger partial charge in [-0.15, -0.1) is 0 Å². The maximum Gasteiger partial charge on any atom is 0.355 e. The highest BCUT2D eigenvalue weighted by atomic mass is 19.1. The van der Waals surface area contributed by atoms with E-state index in [1.807, 2.05) is 0 Å². The Bertz CT molecular complexity index is 657. The Kier molecular flexibility index (Phi) is 5.17. The first-order chi connectivity index (χ1) is 11.0. The van der Waals surface area contributed by atoms with E-state index in [2.05, 4.69) is 4.74 Å². The molecule has 0 atom stereocenters. The van der Waals surface area contributed by atoms with E-state index in [4.69, 9.17) is 14.2 Å². The number of rotatable bonds is 4. The molecule has 1 heterocycles. The number of nitrogens with zero attached hydrogens (tertiary/aromatic N) is 1. The second-order valence-electron chi connectivity index (χ2n) is 4.53. The number of methoxy groups -OCH3 is 3. The highest BCUT2D eigenvalue weighted by Crippen LogP contribution is 2.34. The van der Waals surface area contributed by atoms with Gasteiger partial charge in [0, 0.05) is 6.07 Å². The van der Waals surface area contributed by atoms with Crippen molar-refractivity contribution in [1.82, 2.24) is 0 Å². The molecule has 1 aliphatic heterocycles. The van der Waals surface area contributed by atoms with E-state index in [0.717, 1.165) is 0 Å². The lowest BCUT2D eigenvalue weighted by Crippen LogP contribution is -2.39. The molecule has 1 aliphatic rings. The van der Waals surface area contributed by atoms with Crippen LogP contribution in [0.4, 0.5) is 10.1 Å². The number of hydrogen-bond donors (Lipinski definition) is 0. The number of ether oxygens (including phenoxy) is 4. The lowest BCUT2D eigenvalue weighted by molar-refractivity contribution is -0.140. The fourth-order valence-corrected chi connectivity index (χ4v) is 2.21. The van der Waals surface area contributed by atoms with Crippen molar-refractivity contribution in [2.45, 2.75) is 0 Å². The summed E-state index contributed by atoms with van der Waals surface area (Å²) in [4.78, 5) is 25.4. The molecule has 124 valence electrons. The van der Waals surface area contributed by atoms with Crippen LogP contribution in [0, 0.1) is 5.82 Å². The summed E-state index contributed by atoms with van der Waals surface area (Å²) in [6.07, 6.45) is 0. The van der Waals surface area contributed by atoms with Crippen LogP contribution < -0.4 is 9.64 Å². The molecule has 0 N–H and O–H groups in total. The van der Waals surface area contributed by atoms with Crippen molar-refractivity contribution in [2.24, 2.45) is 0 Å². The van der Waals surface area contributed by atoms with Crippen LogP contribution in [0.3, 0.4) is 0 Å². The van der Waals surface area contributed by atoms with Gasteiger partial charge in [0.05, 0.1) is 39.2 Å². The summed E-state index contributed by atoms with van der Waals surface area (Å²) in [6, 6.07) is 3.80. The smallest absolute Gasteiger partial charge is 0.355 e. The number of benzene rings is 1. The minimum absolute atomic E-state index is 0.0167. The van der Waals surface area contributed by atoms with Gasteiger partial charge in [-0.1, -0.05) is 0 Å². The molecule has 0 saturated heterocycles. The maximum atomic E-state index is 13.6. The van der Waals surface area contributed by atoms with Gasteiger partial charge in [0.15, 0.2) is 0 Å². The Balaban J connectivity index is 2.62. The van der Waals surface area contributed by atoms with E-state index in [0.29, 0.717) is 5.75 Å². The van der Waals surface area contributed by atoms with E-state index in [9.17, 15) is 14.0 Å². The molecule has 0 fully saturated rings. The number of hydrogen-bond acceptors (Lipinski definition) is 7. The summed E-state index contributed by atoms with van der Waals surface area (Å²) in [5.41, 5.74) is 0.139. The molecule has 0 aliphatic carbocycles. The van der Waals surface area contributed by atoms with Crippen molar-refractivity contribution in [2.75, 3.05) is 39.6 Å². The standard InChI is InChI=1S/C15H16FNO6/c1-20-12-5-4-9(16)6-11(12)17-8-23-7-10(14(18)21-2)13(17)15(19)22-3/h4-6H,7-8H2,1-3H3. The Hall–Kier alpha value is -2.61. The summed E-state index contributed by atoms with van der Waals surface area (Å²) < 4.78 is 33.5. The van der Waals surface area contributed by atoms with Crippen molar-refractivity contribution >= 4 is 17.6 Å². The normalized spacial score (nSPS) is 14.5. The SMILES string of the molecule is COC(=O)C1=C(C(=O)OC)N(c2cc(F)ccc2OC)COC1. The zero-order valence-corrected chi connectivity index (χ0v) is 12.9. The van der Waals surface area contributed by atoms with E-state index in [1.165, 1.54) is 44.4 Å². The number of esters is 2. The zero-order chi connectivity index (χ0) is 17.0. The fourth-order valence-electron chi connectivity index (χ4n) is 2.21. The van der Waals surface area contributed by atoms with Crippen LogP contribution >= 0.6 is 0 Å². The third kappa shape index (κ3) is 3.26. The summed E-state index contributed by atoms with van der Waals surface area (Å²) in [5.74, 6) is -1.72. The monoisotopic (exact) mass is 325 g/mol. The lowest BCUT2D eigenvalue weighted by atomic mass is 10.1. The largest absolute Gasteiger partial charge is 0.495 e. The van der Waals surface area contributed by atoms with Crippen LogP contribution in [0.1, 0.15) is 0 Å². The highest BCUT2D eigenvalue weighted by molar-refractivity contribution is 6.03. The zero-order valence-electron chi connectivity index (χ0n) is 12.9. The minimum Gasteiger partial charge on any atom is -0.495 e. The molecule has 0 radical (unpaired) electrons. The van der Waals surface area contributed by atoms with Gasteiger partial charge in [0.25, 0.3) is 0 Å². The summed E-state index contributed by atoms with van der Waals surface area (Å²) in [7, 11) is 3.77. The van der Waals surface area contributed by atoms with E-state index >= 15 is 0 Å². The molecule has 7 nitrogen and oxygen atoms in total. The van der Waals surface area contributed by atoms with Crippen LogP contribution in [0.2, 0.25) is 0 Å². The Labute approximate surface area is 132 Å². The molecule has 0 saturated carbocycles. The van der Waals surface area contributed by atoms with Crippen molar-refractivity contribution in [3.8, 4) is 5.75 Å². The Morgan fingerprint density at radius 2 is 1.87 bits per heavy atom. The van der Waals surface area contributed by atoms with E-state index in [-0.39, 0.29) is 30.3 Å². The van der Waals surface area contributed by atoms with Gasteiger partial charge < -0.3 is 23.8 Å². The second-order valence-corrected chi connectivity index (χ2v) is 4.53. The van der Waals surface area contributed by atoms with Crippen molar-refractivity contribution < 1.29 is 32.9 Å². The van der Waals surface area contributed by atoms with Gasteiger partial charge in [-0.25, -0.2) is 14.0 Å². The quantitative estimate of drug-likeness (QED) is 0.771. The molecule has 23 heavy (non-hydrogen) atoms. The van der Waals surface area contributed by atoms with Gasteiger partial charge in [0.2, 0.25) is 0 Å². The Morgan fingerprint density at radius 3 is 2.48 bits per heavy atom. The third-order valence-corrected chi connectivity index (χ3v) is 3.26. The van der Waals surface area contributed by atoms with Crippen LogP contribution in [0.25, 0.3) is 0 Å². The molecule has 0 unspecified atom stereocenters. The van der Waals surface area contributed by atoms with Crippen molar-refractivity contribution in [1.29, 1.82) is 0 Å². The van der Waals surface area contributed by atoms with Crippen LogP contribution in [-0.4, -0.2) is 46.6 Å². The van der Waals surface area contributed by atoms with Crippen molar-refractivity contribution in [3.05, 3.63) is 35.3 Å². The first kappa shape index (κ1) is 16.8. The number of anilines is 1. The molecule has 1 aromatic carbocycles. The summed E-state index contributed by atoms with van der Waals surface area (Å²) in [6.45, 7) is -0.198. The van der Waals surface area contributed by atoms with Gasteiger partial charge in [-0.2, -0.15) is 0 Å². The minimum atomic E-state index is -0.764. The predicted molar refractivity (Wildman–Crippen MR) is 77.3 cm³/mol. The van der Waals surface area contributed by atoms with Gasteiger partial charge in [0.1, 0.15) is 24.0 Å². The first-order valence-electron chi connectivity index (χ1n) is 6.62. The van der Waals surface area contributed by atoms with Crippen LogP contribution in [0.15, 0.2) is 29.5 Å².